The van der Waals surface area contributed by atoms with Crippen LogP contribution in [0.5, 0.6) is 0 Å². The Morgan fingerprint density at radius 2 is 2.11 bits per heavy atom. The Kier molecular flexibility index (Phi) is 5.15. The summed E-state index contributed by atoms with van der Waals surface area (Å²) in [6, 6.07) is 10.0. The normalized spacial score (nSPS) is 13.5. The van der Waals surface area contributed by atoms with E-state index in [-0.39, 0.29) is 24.0 Å². The molecule has 1 aliphatic rings. The van der Waals surface area contributed by atoms with Gasteiger partial charge in [0, 0.05) is 24.2 Å². The summed E-state index contributed by atoms with van der Waals surface area (Å²) < 4.78 is 18.8. The van der Waals surface area contributed by atoms with Crippen LogP contribution < -0.4 is 5.32 Å². The predicted octanol–water partition coefficient (Wildman–Crippen LogP) is 3.56. The Morgan fingerprint density at radius 1 is 1.26 bits per heavy atom. The Labute approximate surface area is 159 Å². The van der Waals surface area contributed by atoms with Crippen LogP contribution in [0.25, 0.3) is 11.5 Å². The highest BCUT2D eigenvalue weighted by molar-refractivity contribution is 7.99. The largest absolute Gasteiger partial charge is 0.351 e. The number of aromatic nitrogens is 3. The highest BCUT2D eigenvalue weighted by Crippen LogP contribution is 2.38. The molecule has 4 rings (SSSR count). The van der Waals surface area contributed by atoms with E-state index < -0.39 is 0 Å². The maximum absolute atomic E-state index is 13.5. The van der Waals surface area contributed by atoms with Gasteiger partial charge in [0.05, 0.1) is 16.3 Å². The molecule has 0 aliphatic heterocycles. The molecule has 138 valence electrons. The molecule has 3 aromatic rings. The van der Waals surface area contributed by atoms with Crippen LogP contribution in [0.3, 0.4) is 0 Å². The zero-order valence-corrected chi connectivity index (χ0v) is 15.2. The molecule has 0 saturated heterocycles. The average molecular weight is 384 g/mol. The SMILES string of the molecule is O=C(CSc1ccc(-c2nc(C3CC3)no2)cn1)NCc1ccccc1F. The van der Waals surface area contributed by atoms with Gasteiger partial charge in [-0.25, -0.2) is 9.37 Å². The highest BCUT2D eigenvalue weighted by Gasteiger charge is 2.29. The summed E-state index contributed by atoms with van der Waals surface area (Å²) in [5.41, 5.74) is 1.21. The van der Waals surface area contributed by atoms with Gasteiger partial charge < -0.3 is 9.84 Å². The monoisotopic (exact) mass is 384 g/mol. The number of thioether (sulfide) groups is 1. The molecular weight excluding hydrogens is 367 g/mol. The van der Waals surface area contributed by atoms with E-state index in [1.165, 1.54) is 17.8 Å². The Bertz CT molecular complexity index is 941. The lowest BCUT2D eigenvalue weighted by Crippen LogP contribution is -2.25. The maximum atomic E-state index is 13.5. The van der Waals surface area contributed by atoms with E-state index >= 15 is 0 Å². The van der Waals surface area contributed by atoms with Gasteiger partial charge in [-0.05, 0) is 31.0 Å². The van der Waals surface area contributed by atoms with Crippen LogP contribution >= 0.6 is 11.8 Å². The first-order valence-corrected chi connectivity index (χ1v) is 9.60. The smallest absolute Gasteiger partial charge is 0.259 e. The molecule has 1 aromatic carbocycles. The maximum Gasteiger partial charge on any atom is 0.259 e. The van der Waals surface area contributed by atoms with Crippen LogP contribution in [0.1, 0.15) is 30.1 Å². The van der Waals surface area contributed by atoms with Crippen molar-refractivity contribution >= 4 is 17.7 Å². The van der Waals surface area contributed by atoms with E-state index in [0.29, 0.717) is 22.4 Å². The van der Waals surface area contributed by atoms with Gasteiger partial charge in [-0.3, -0.25) is 4.79 Å². The molecule has 0 bridgehead atoms. The molecule has 1 N–H and O–H groups in total. The van der Waals surface area contributed by atoms with E-state index in [2.05, 4.69) is 20.4 Å². The van der Waals surface area contributed by atoms with Crippen LogP contribution in [-0.4, -0.2) is 26.8 Å². The molecule has 1 fully saturated rings. The van der Waals surface area contributed by atoms with Crippen molar-refractivity contribution in [3.63, 3.8) is 0 Å². The molecule has 0 atom stereocenters. The minimum absolute atomic E-state index is 0.166. The average Bonchev–Trinajstić information content (AvgIpc) is 3.43. The third kappa shape index (κ3) is 4.51. The fraction of sp³-hybridized carbons (Fsp3) is 0.263. The van der Waals surface area contributed by atoms with Gasteiger partial charge in [0.2, 0.25) is 5.91 Å². The summed E-state index contributed by atoms with van der Waals surface area (Å²) in [5, 5.41) is 7.41. The van der Waals surface area contributed by atoms with Crippen LogP contribution in [0.15, 0.2) is 52.1 Å². The summed E-state index contributed by atoms with van der Waals surface area (Å²) in [6.07, 6.45) is 3.89. The van der Waals surface area contributed by atoms with Crippen LogP contribution in [0, 0.1) is 5.82 Å². The Morgan fingerprint density at radius 3 is 2.85 bits per heavy atom. The van der Waals surface area contributed by atoms with Crippen molar-refractivity contribution < 1.29 is 13.7 Å². The number of hydrogen-bond acceptors (Lipinski definition) is 6. The molecule has 0 unspecified atom stereocenters. The topological polar surface area (TPSA) is 80.9 Å². The van der Waals surface area contributed by atoms with Crippen LogP contribution in [-0.2, 0) is 11.3 Å². The van der Waals surface area contributed by atoms with Crippen molar-refractivity contribution in [2.45, 2.75) is 30.3 Å². The second kappa shape index (κ2) is 7.87. The van der Waals surface area contributed by atoms with E-state index in [1.807, 2.05) is 12.1 Å². The minimum atomic E-state index is -0.325. The predicted molar refractivity (Wildman–Crippen MR) is 98.5 cm³/mol. The van der Waals surface area contributed by atoms with Gasteiger partial charge in [-0.15, -0.1) is 0 Å². The standard InChI is InChI=1S/C19H17FN4O2S/c20-15-4-2-1-3-13(15)9-21-16(25)11-27-17-8-7-14(10-22-17)19-23-18(24-26-19)12-5-6-12/h1-4,7-8,10,12H,5-6,9,11H2,(H,21,25). The van der Waals surface area contributed by atoms with Gasteiger partial charge in [0.25, 0.3) is 5.89 Å². The summed E-state index contributed by atoms with van der Waals surface area (Å²) in [5.74, 6) is 1.35. The number of nitrogens with zero attached hydrogens (tertiary/aromatic N) is 3. The first-order chi connectivity index (χ1) is 13.2. The first-order valence-electron chi connectivity index (χ1n) is 8.62. The van der Waals surface area contributed by atoms with Gasteiger partial charge in [-0.2, -0.15) is 4.98 Å². The van der Waals surface area contributed by atoms with Gasteiger partial charge >= 0.3 is 0 Å². The number of carbonyl (C=O) groups is 1. The number of halogens is 1. The van der Waals surface area contributed by atoms with Crippen molar-refractivity contribution in [1.29, 1.82) is 0 Å². The molecule has 27 heavy (non-hydrogen) atoms. The highest BCUT2D eigenvalue weighted by atomic mass is 32.2. The Hall–Kier alpha value is -2.74. The lowest BCUT2D eigenvalue weighted by molar-refractivity contribution is -0.118. The number of rotatable bonds is 7. The fourth-order valence-electron chi connectivity index (χ4n) is 2.48. The third-order valence-electron chi connectivity index (χ3n) is 4.15. The molecule has 8 heteroatoms. The summed E-state index contributed by atoms with van der Waals surface area (Å²) in [7, 11) is 0. The van der Waals surface area contributed by atoms with E-state index in [4.69, 9.17) is 4.52 Å². The van der Waals surface area contributed by atoms with Gasteiger partial charge in [-0.1, -0.05) is 35.1 Å². The van der Waals surface area contributed by atoms with Crippen molar-refractivity contribution in [3.05, 3.63) is 59.8 Å². The first kappa shape index (κ1) is 17.7. The molecule has 0 radical (unpaired) electrons. The quantitative estimate of drug-likeness (QED) is 0.628. The van der Waals surface area contributed by atoms with Gasteiger partial charge in [0.15, 0.2) is 5.82 Å². The number of amides is 1. The number of pyridine rings is 1. The molecular formula is C19H17FN4O2S. The molecule has 1 amide bonds. The summed E-state index contributed by atoms with van der Waals surface area (Å²) in [6.45, 7) is 0.166. The molecule has 6 nitrogen and oxygen atoms in total. The van der Waals surface area contributed by atoms with Crippen LogP contribution in [0.2, 0.25) is 0 Å². The number of nitrogens with one attached hydrogen (secondary N) is 1. The van der Waals surface area contributed by atoms with Crippen molar-refractivity contribution in [1.82, 2.24) is 20.4 Å². The number of hydrogen-bond donors (Lipinski definition) is 1. The van der Waals surface area contributed by atoms with E-state index in [1.54, 1.807) is 24.4 Å². The lowest BCUT2D eigenvalue weighted by Gasteiger charge is -2.06. The number of carbonyl (C=O) groups excluding carboxylic acids is 1. The summed E-state index contributed by atoms with van der Waals surface area (Å²) in [4.78, 5) is 20.7. The molecule has 1 saturated carbocycles. The van der Waals surface area contributed by atoms with Crippen molar-refractivity contribution in [3.8, 4) is 11.5 Å². The zero-order chi connectivity index (χ0) is 18.6. The fourth-order valence-corrected chi connectivity index (χ4v) is 3.15. The number of benzene rings is 1. The van der Waals surface area contributed by atoms with Crippen molar-refractivity contribution in [2.24, 2.45) is 0 Å². The summed E-state index contributed by atoms with van der Waals surface area (Å²) >= 11 is 1.31. The zero-order valence-electron chi connectivity index (χ0n) is 14.4. The van der Waals surface area contributed by atoms with E-state index in [9.17, 15) is 9.18 Å². The van der Waals surface area contributed by atoms with Crippen molar-refractivity contribution in [2.75, 3.05) is 5.75 Å². The van der Waals surface area contributed by atoms with Crippen LogP contribution in [0.4, 0.5) is 4.39 Å². The second-order valence-corrected chi connectivity index (χ2v) is 7.27. The van der Waals surface area contributed by atoms with Gasteiger partial charge in [0.1, 0.15) is 5.82 Å². The van der Waals surface area contributed by atoms with E-state index in [0.717, 1.165) is 24.2 Å². The molecule has 2 aromatic heterocycles. The lowest BCUT2D eigenvalue weighted by atomic mass is 10.2. The molecule has 1 aliphatic carbocycles. The third-order valence-corrected chi connectivity index (χ3v) is 5.10. The minimum Gasteiger partial charge on any atom is -0.351 e. The Balaban J connectivity index is 1.28. The molecule has 2 heterocycles. The molecule has 0 spiro atoms. The second-order valence-electron chi connectivity index (χ2n) is 6.27.